The van der Waals surface area contributed by atoms with Gasteiger partial charge in [-0.05, 0) is 77.6 Å². The first-order valence-corrected chi connectivity index (χ1v) is 15.9. The molecule has 0 heterocycles. The van der Waals surface area contributed by atoms with Crippen LogP contribution in [0.3, 0.4) is 0 Å². The predicted molar refractivity (Wildman–Crippen MR) is 171 cm³/mol. The number of hydrogen-bond acceptors (Lipinski definition) is 7. The van der Waals surface area contributed by atoms with Gasteiger partial charge >= 0.3 is 10.1 Å². The Kier molecular flexibility index (Phi) is 10.6. The van der Waals surface area contributed by atoms with Crippen LogP contribution < -0.4 is 14.3 Å². The van der Waals surface area contributed by atoms with E-state index in [0.717, 1.165) is 22.3 Å². The molecule has 0 spiro atoms. The van der Waals surface area contributed by atoms with E-state index in [0.29, 0.717) is 17.7 Å². The van der Waals surface area contributed by atoms with E-state index in [1.807, 2.05) is 60.6 Å². The molecule has 3 aromatic rings. The Morgan fingerprint density at radius 3 is 2.12 bits per heavy atom. The van der Waals surface area contributed by atoms with Crippen LogP contribution in [0.25, 0.3) is 0 Å². The summed E-state index contributed by atoms with van der Waals surface area (Å²) in [4.78, 5) is 12.6. The van der Waals surface area contributed by atoms with Crippen LogP contribution in [-0.2, 0) is 32.2 Å². The van der Waals surface area contributed by atoms with Gasteiger partial charge in [-0.1, -0.05) is 83.0 Å². The van der Waals surface area contributed by atoms with Crippen LogP contribution in [0.2, 0.25) is 5.02 Å². The molecule has 0 aliphatic carbocycles. The average molecular weight is 629 g/mol. The molecule has 0 atom stereocenters. The van der Waals surface area contributed by atoms with Crippen LogP contribution in [-0.4, -0.2) is 32.3 Å². The number of benzene rings is 3. The third-order valence-electron chi connectivity index (χ3n) is 6.66. The number of rotatable bonds is 10. The summed E-state index contributed by atoms with van der Waals surface area (Å²) >= 11 is 6.41. The van der Waals surface area contributed by atoms with Crippen molar-refractivity contribution < 1.29 is 27.2 Å². The van der Waals surface area contributed by atoms with Crippen LogP contribution in [0.1, 0.15) is 82.7 Å². The van der Waals surface area contributed by atoms with E-state index in [-0.39, 0.29) is 51.2 Å². The number of halogens is 1. The third-order valence-corrected chi connectivity index (χ3v) is 8.18. The summed E-state index contributed by atoms with van der Waals surface area (Å²) in [5.41, 5.74) is 6.01. The first-order valence-electron chi connectivity index (χ1n) is 14.1. The fraction of sp³-hybridized carbons (Fsp3) is 0.394. The molecule has 0 radical (unpaired) electrons. The Balaban J connectivity index is 1.73. The molecular weight excluding hydrogens is 588 g/mol. The summed E-state index contributed by atoms with van der Waals surface area (Å²) in [5.74, 6) is -0.00945. The molecule has 0 aromatic heterocycles. The molecule has 0 fully saturated rings. The number of phenolic OH excluding ortho intramolecular Hbond substituents is 1. The zero-order valence-corrected chi connectivity index (χ0v) is 27.6. The lowest BCUT2D eigenvalue weighted by molar-refractivity contribution is -0.121. The number of amides is 1. The number of aryl methyl sites for hydroxylation is 2. The monoisotopic (exact) mass is 628 g/mol. The van der Waals surface area contributed by atoms with Gasteiger partial charge in [0.2, 0.25) is 11.7 Å². The van der Waals surface area contributed by atoms with E-state index in [2.05, 4.69) is 10.5 Å². The van der Waals surface area contributed by atoms with Crippen molar-refractivity contribution in [2.24, 2.45) is 5.10 Å². The number of nitrogens with one attached hydrogen (secondary N) is 1. The molecule has 3 aromatic carbocycles. The highest BCUT2D eigenvalue weighted by molar-refractivity contribution is 7.87. The van der Waals surface area contributed by atoms with Gasteiger partial charge < -0.3 is 14.0 Å². The fourth-order valence-corrected chi connectivity index (χ4v) is 5.60. The molecule has 8 nitrogen and oxygen atoms in total. The maximum Gasteiger partial charge on any atom is 0.339 e. The zero-order valence-electron chi connectivity index (χ0n) is 26.0. The number of nitrogens with zero attached hydrogens (tertiary/aromatic N) is 1. The maximum atomic E-state index is 12.8. The Morgan fingerprint density at radius 2 is 1.58 bits per heavy atom. The van der Waals surface area contributed by atoms with Crippen molar-refractivity contribution in [3.8, 4) is 17.2 Å². The summed E-state index contributed by atoms with van der Waals surface area (Å²) in [6, 6.07) is 13.2. The van der Waals surface area contributed by atoms with Crippen molar-refractivity contribution >= 4 is 33.8 Å². The summed E-state index contributed by atoms with van der Waals surface area (Å²) in [6.45, 7) is 16.1. The van der Waals surface area contributed by atoms with Gasteiger partial charge in [-0.25, -0.2) is 5.43 Å². The van der Waals surface area contributed by atoms with Gasteiger partial charge in [0.25, 0.3) is 0 Å². The molecule has 10 heteroatoms. The Morgan fingerprint density at radius 1 is 1.00 bits per heavy atom. The summed E-state index contributed by atoms with van der Waals surface area (Å²) in [7, 11) is -4.16. The summed E-state index contributed by atoms with van der Waals surface area (Å²) < 4.78 is 36.7. The second kappa shape index (κ2) is 13.4. The minimum Gasteiger partial charge on any atom is -0.507 e. The molecular formula is C33H41ClN2O6S. The van der Waals surface area contributed by atoms with Gasteiger partial charge in [0.15, 0.2) is 5.75 Å². The summed E-state index contributed by atoms with van der Waals surface area (Å²) in [5, 5.41) is 15.0. The number of ether oxygens (including phenoxy) is 1. The molecule has 0 aliphatic rings. The van der Waals surface area contributed by atoms with Gasteiger partial charge in [0, 0.05) is 6.42 Å². The minimum absolute atomic E-state index is 0.00560. The van der Waals surface area contributed by atoms with Crippen LogP contribution in [0.5, 0.6) is 17.2 Å². The van der Waals surface area contributed by atoms with E-state index >= 15 is 0 Å². The van der Waals surface area contributed by atoms with Gasteiger partial charge in [-0.3, -0.25) is 4.79 Å². The smallest absolute Gasteiger partial charge is 0.339 e. The van der Waals surface area contributed by atoms with E-state index in [4.69, 9.17) is 20.5 Å². The third kappa shape index (κ3) is 8.97. The lowest BCUT2D eigenvalue weighted by Crippen LogP contribution is -2.20. The van der Waals surface area contributed by atoms with Crippen molar-refractivity contribution in [1.29, 1.82) is 0 Å². The number of phenols is 1. The molecule has 1 amide bonds. The van der Waals surface area contributed by atoms with Crippen molar-refractivity contribution in [2.75, 3.05) is 6.61 Å². The first-order chi connectivity index (χ1) is 19.9. The number of aromatic hydroxyl groups is 1. The predicted octanol–water partition coefficient (Wildman–Crippen LogP) is 7.20. The molecule has 232 valence electrons. The summed E-state index contributed by atoms with van der Waals surface area (Å²) in [6.07, 6.45) is 2.04. The van der Waals surface area contributed by atoms with E-state index in [9.17, 15) is 18.3 Å². The Bertz CT molecular complexity index is 1570. The fourth-order valence-electron chi connectivity index (χ4n) is 4.34. The quantitative estimate of drug-likeness (QED) is 0.139. The lowest BCUT2D eigenvalue weighted by atomic mass is 9.78. The highest BCUT2D eigenvalue weighted by Gasteiger charge is 2.27. The van der Waals surface area contributed by atoms with Gasteiger partial charge in [0.05, 0.1) is 17.8 Å². The highest BCUT2D eigenvalue weighted by Crippen LogP contribution is 2.40. The molecule has 0 saturated heterocycles. The van der Waals surface area contributed by atoms with Gasteiger partial charge in [-0.2, -0.15) is 13.5 Å². The van der Waals surface area contributed by atoms with Crippen LogP contribution >= 0.6 is 11.6 Å². The first kappa shape index (κ1) is 33.9. The van der Waals surface area contributed by atoms with Crippen molar-refractivity contribution in [3.63, 3.8) is 0 Å². The molecule has 0 aliphatic heterocycles. The van der Waals surface area contributed by atoms with Crippen molar-refractivity contribution in [3.05, 3.63) is 81.4 Å². The second-order valence-electron chi connectivity index (χ2n) is 12.4. The topological polar surface area (TPSA) is 114 Å². The Hall–Kier alpha value is -3.56. The molecule has 0 unspecified atom stereocenters. The van der Waals surface area contributed by atoms with Crippen LogP contribution in [0, 0.1) is 6.92 Å². The molecule has 0 saturated carbocycles. The van der Waals surface area contributed by atoms with E-state index < -0.39 is 10.1 Å². The van der Waals surface area contributed by atoms with Gasteiger partial charge in [0.1, 0.15) is 10.6 Å². The van der Waals surface area contributed by atoms with Gasteiger partial charge in [-0.15, -0.1) is 0 Å². The number of hydrazone groups is 1. The lowest BCUT2D eigenvalue weighted by Gasteiger charge is -2.28. The zero-order chi connectivity index (χ0) is 32.2. The molecule has 2 N–H and O–H groups in total. The SMILES string of the molecule is CCOc1cc(/C=N\NC(=O)CCc2cc(C(C)(C)C)c(O)c(C(C)(C)C)c2)cc(Cl)c1OS(=O)(=O)c1ccc(C)cc1. The maximum absolute atomic E-state index is 12.8. The average Bonchev–Trinajstić information content (AvgIpc) is 2.89. The standard InChI is InChI=1S/C33H41ClN2O6S/c1-9-41-28-19-23(18-27(34)31(28)42-43(39,40)24-13-10-21(2)11-14-24)20-35-36-29(37)15-12-22-16-25(32(3,4)5)30(38)26(17-22)33(6,7)8/h10-11,13-14,16-20,38H,9,12,15H2,1-8H3,(H,36,37)/b35-20-. The largest absolute Gasteiger partial charge is 0.507 e. The molecule has 43 heavy (non-hydrogen) atoms. The van der Waals surface area contributed by atoms with E-state index in [1.54, 1.807) is 19.1 Å². The van der Waals surface area contributed by atoms with Crippen LogP contribution in [0.15, 0.2) is 58.5 Å². The van der Waals surface area contributed by atoms with Crippen LogP contribution in [0.4, 0.5) is 0 Å². The van der Waals surface area contributed by atoms with Crippen molar-refractivity contribution in [1.82, 2.24) is 5.43 Å². The molecule has 0 bridgehead atoms. The number of carbonyl (C=O) groups is 1. The Labute approximate surface area is 260 Å². The van der Waals surface area contributed by atoms with E-state index in [1.165, 1.54) is 30.5 Å². The molecule has 3 rings (SSSR count). The second-order valence-corrected chi connectivity index (χ2v) is 14.4. The number of hydrogen-bond donors (Lipinski definition) is 2. The van der Waals surface area contributed by atoms with Crippen molar-refractivity contribution in [2.45, 2.75) is 84.0 Å². The normalized spacial score (nSPS) is 12.4. The minimum atomic E-state index is -4.16. The highest BCUT2D eigenvalue weighted by atomic mass is 35.5. The number of carbonyl (C=O) groups excluding carboxylic acids is 1.